The quantitative estimate of drug-likeness (QED) is 0.747. The first-order valence-corrected chi connectivity index (χ1v) is 6.08. The average molecular weight is 249 g/mol. The van der Waals surface area contributed by atoms with Crippen LogP contribution in [0.25, 0.3) is 0 Å². The molecule has 1 rings (SSSR count). The van der Waals surface area contributed by atoms with Gasteiger partial charge in [0, 0.05) is 12.9 Å². The minimum absolute atomic E-state index is 0.0595. The molecule has 0 N–H and O–H groups in total. The molecule has 1 aromatic heterocycles. The van der Waals surface area contributed by atoms with E-state index in [1.165, 1.54) is 0 Å². The first kappa shape index (κ1) is 12.9. The molecule has 0 unspecified atom stereocenters. The number of aryl methyl sites for hydroxylation is 2. The van der Waals surface area contributed by atoms with Crippen LogP contribution in [-0.4, -0.2) is 15.7 Å². The maximum absolute atomic E-state index is 6.27. The van der Waals surface area contributed by atoms with Gasteiger partial charge in [-0.3, -0.25) is 4.68 Å². The van der Waals surface area contributed by atoms with Crippen molar-refractivity contribution < 1.29 is 0 Å². The van der Waals surface area contributed by atoms with E-state index in [0.717, 1.165) is 29.3 Å². The Morgan fingerprint density at radius 2 is 2.00 bits per heavy atom. The zero-order chi connectivity index (χ0) is 11.6. The molecule has 0 saturated carbocycles. The molecule has 0 radical (unpaired) electrons. The minimum atomic E-state index is 0.0595. The highest BCUT2D eigenvalue weighted by Gasteiger charge is 2.22. The third-order valence-electron chi connectivity index (χ3n) is 2.51. The van der Waals surface area contributed by atoms with Crippen molar-refractivity contribution in [1.82, 2.24) is 9.78 Å². The molecule has 1 aromatic rings. The first-order chi connectivity index (χ1) is 6.91. The van der Waals surface area contributed by atoms with Gasteiger partial charge < -0.3 is 0 Å². The van der Waals surface area contributed by atoms with Crippen molar-refractivity contribution in [1.29, 1.82) is 0 Å². The molecule has 4 heteroatoms. The molecule has 0 spiro atoms. The van der Waals surface area contributed by atoms with Crippen LogP contribution in [0.2, 0.25) is 5.02 Å². The van der Waals surface area contributed by atoms with Crippen LogP contribution in [0.3, 0.4) is 0 Å². The molecule has 0 aromatic carbocycles. The Morgan fingerprint density at radius 1 is 1.40 bits per heavy atom. The number of hydrogen-bond donors (Lipinski definition) is 0. The zero-order valence-corrected chi connectivity index (χ0v) is 11.3. The molecular formula is C11H18Cl2N2. The summed E-state index contributed by atoms with van der Waals surface area (Å²) in [5, 5.41) is 5.19. The second kappa shape index (κ2) is 4.75. The van der Waals surface area contributed by atoms with Crippen molar-refractivity contribution in [3.05, 3.63) is 16.4 Å². The largest absolute Gasteiger partial charge is 0.271 e. The van der Waals surface area contributed by atoms with Crippen LogP contribution >= 0.6 is 23.2 Å². The normalized spacial score (nSPS) is 12.1. The topological polar surface area (TPSA) is 17.8 Å². The number of hydrogen-bond acceptors (Lipinski definition) is 1. The number of nitrogens with zero attached hydrogens (tertiary/aromatic N) is 2. The van der Waals surface area contributed by atoms with Crippen molar-refractivity contribution in [3.8, 4) is 0 Å². The van der Waals surface area contributed by atoms with E-state index < -0.39 is 0 Å². The molecule has 86 valence electrons. The fraction of sp³-hybridized carbons (Fsp3) is 0.727. The predicted molar refractivity (Wildman–Crippen MR) is 65.8 cm³/mol. The highest BCUT2D eigenvalue weighted by atomic mass is 35.5. The lowest BCUT2D eigenvalue weighted by atomic mass is 9.90. The van der Waals surface area contributed by atoms with Crippen molar-refractivity contribution in [3.63, 3.8) is 0 Å². The molecule has 0 amide bonds. The number of aromatic nitrogens is 2. The second-order valence-electron chi connectivity index (χ2n) is 4.66. The predicted octanol–water partition coefficient (Wildman–Crippen LogP) is 3.44. The van der Waals surface area contributed by atoms with Gasteiger partial charge in [-0.1, -0.05) is 32.4 Å². The van der Waals surface area contributed by atoms with Crippen LogP contribution < -0.4 is 0 Å². The van der Waals surface area contributed by atoms with E-state index in [0.29, 0.717) is 5.88 Å². The Balaban J connectivity index is 2.99. The molecule has 0 aliphatic carbocycles. The van der Waals surface area contributed by atoms with E-state index >= 15 is 0 Å². The smallest absolute Gasteiger partial charge is 0.0849 e. The molecule has 15 heavy (non-hydrogen) atoms. The van der Waals surface area contributed by atoms with Crippen LogP contribution in [-0.2, 0) is 19.9 Å². The third-order valence-corrected chi connectivity index (χ3v) is 3.67. The molecule has 2 nitrogen and oxygen atoms in total. The average Bonchev–Trinajstić information content (AvgIpc) is 2.45. The van der Waals surface area contributed by atoms with E-state index in [2.05, 4.69) is 25.9 Å². The van der Waals surface area contributed by atoms with E-state index in [-0.39, 0.29) is 5.41 Å². The zero-order valence-electron chi connectivity index (χ0n) is 9.77. The summed E-state index contributed by atoms with van der Waals surface area (Å²) in [6, 6.07) is 0. The van der Waals surface area contributed by atoms with Gasteiger partial charge in [0.2, 0.25) is 0 Å². The van der Waals surface area contributed by atoms with Gasteiger partial charge in [-0.15, -0.1) is 11.6 Å². The maximum atomic E-state index is 6.27. The SMILES string of the molecule is CCc1nn(C)c(CC(C)(C)CCl)c1Cl. The van der Waals surface area contributed by atoms with Crippen molar-refractivity contribution in [2.75, 3.05) is 5.88 Å². The standard InChI is InChI=1S/C11H18Cl2N2/c1-5-8-10(13)9(15(4)14-8)6-11(2,3)7-12/h5-7H2,1-4H3. The van der Waals surface area contributed by atoms with Gasteiger partial charge in [0.1, 0.15) is 0 Å². The van der Waals surface area contributed by atoms with Crippen molar-refractivity contribution >= 4 is 23.2 Å². The van der Waals surface area contributed by atoms with Gasteiger partial charge in [-0.05, 0) is 18.3 Å². The Kier molecular flexibility index (Phi) is 4.07. The van der Waals surface area contributed by atoms with E-state index in [4.69, 9.17) is 23.2 Å². The van der Waals surface area contributed by atoms with E-state index in [1.807, 2.05) is 11.7 Å². The van der Waals surface area contributed by atoms with Crippen LogP contribution in [0.1, 0.15) is 32.2 Å². The van der Waals surface area contributed by atoms with Crippen LogP contribution in [0.5, 0.6) is 0 Å². The van der Waals surface area contributed by atoms with Crippen molar-refractivity contribution in [2.45, 2.75) is 33.6 Å². The van der Waals surface area contributed by atoms with E-state index in [9.17, 15) is 0 Å². The lowest BCUT2D eigenvalue weighted by Gasteiger charge is -2.21. The Morgan fingerprint density at radius 3 is 2.40 bits per heavy atom. The maximum Gasteiger partial charge on any atom is 0.0849 e. The van der Waals surface area contributed by atoms with Crippen LogP contribution in [0.15, 0.2) is 0 Å². The fourth-order valence-corrected chi connectivity index (χ4v) is 1.97. The monoisotopic (exact) mass is 248 g/mol. The number of halogens is 2. The molecule has 1 heterocycles. The molecule has 0 saturated heterocycles. The molecule has 0 bridgehead atoms. The highest BCUT2D eigenvalue weighted by molar-refractivity contribution is 6.31. The Labute approximate surface area is 102 Å². The summed E-state index contributed by atoms with van der Waals surface area (Å²) in [7, 11) is 1.94. The van der Waals surface area contributed by atoms with Gasteiger partial charge in [0.15, 0.2) is 0 Å². The van der Waals surface area contributed by atoms with Gasteiger partial charge >= 0.3 is 0 Å². The summed E-state index contributed by atoms with van der Waals surface area (Å²) in [4.78, 5) is 0. The Hall–Kier alpha value is -0.210. The number of rotatable bonds is 4. The number of alkyl halides is 1. The van der Waals surface area contributed by atoms with Gasteiger partial charge in [-0.2, -0.15) is 5.10 Å². The summed E-state index contributed by atoms with van der Waals surface area (Å²) in [5.74, 6) is 0.621. The van der Waals surface area contributed by atoms with Gasteiger partial charge in [0.05, 0.1) is 16.4 Å². The molecular weight excluding hydrogens is 231 g/mol. The van der Waals surface area contributed by atoms with Crippen LogP contribution in [0, 0.1) is 5.41 Å². The summed E-state index contributed by atoms with van der Waals surface area (Å²) in [6.07, 6.45) is 1.73. The third kappa shape index (κ3) is 2.88. The van der Waals surface area contributed by atoms with E-state index in [1.54, 1.807) is 0 Å². The van der Waals surface area contributed by atoms with Gasteiger partial charge in [-0.25, -0.2) is 0 Å². The van der Waals surface area contributed by atoms with Crippen LogP contribution in [0.4, 0.5) is 0 Å². The molecule has 0 fully saturated rings. The second-order valence-corrected chi connectivity index (χ2v) is 5.30. The summed E-state index contributed by atoms with van der Waals surface area (Å²) in [6.45, 7) is 6.33. The van der Waals surface area contributed by atoms with Crippen molar-refractivity contribution in [2.24, 2.45) is 12.5 Å². The lowest BCUT2D eigenvalue weighted by Crippen LogP contribution is -2.19. The highest BCUT2D eigenvalue weighted by Crippen LogP contribution is 2.29. The summed E-state index contributed by atoms with van der Waals surface area (Å²) in [5.41, 5.74) is 2.11. The Bertz CT molecular complexity index is 343. The summed E-state index contributed by atoms with van der Waals surface area (Å²) >= 11 is 12.2. The molecule has 0 aliphatic heterocycles. The van der Waals surface area contributed by atoms with Gasteiger partial charge in [0.25, 0.3) is 0 Å². The lowest BCUT2D eigenvalue weighted by molar-refractivity contribution is 0.404. The molecule has 0 atom stereocenters. The summed E-state index contributed by atoms with van der Waals surface area (Å²) < 4.78 is 1.87. The minimum Gasteiger partial charge on any atom is -0.271 e. The molecule has 0 aliphatic rings. The fourth-order valence-electron chi connectivity index (χ4n) is 1.51. The first-order valence-electron chi connectivity index (χ1n) is 5.17.